The van der Waals surface area contributed by atoms with Gasteiger partial charge in [0.1, 0.15) is 4.88 Å². The number of nitrogens with zero attached hydrogens (tertiary/aromatic N) is 1. The highest BCUT2D eigenvalue weighted by Gasteiger charge is 2.17. The van der Waals surface area contributed by atoms with Crippen molar-refractivity contribution >= 4 is 28.2 Å². The largest absolute Gasteiger partial charge is 0.451 e. The maximum Gasteiger partial charge on any atom is 0.349 e. The Labute approximate surface area is 113 Å². The molecule has 0 aliphatic carbocycles. The number of carbonyl (C=O) groups is 2. The quantitative estimate of drug-likeness (QED) is 0.488. The minimum absolute atomic E-state index is 0.00836. The van der Waals surface area contributed by atoms with Crippen molar-refractivity contribution in [3.63, 3.8) is 0 Å². The van der Waals surface area contributed by atoms with Gasteiger partial charge in [0.2, 0.25) is 0 Å². The smallest absolute Gasteiger partial charge is 0.349 e. The van der Waals surface area contributed by atoms with E-state index in [0.29, 0.717) is 11.3 Å². The number of rotatable bonds is 6. The average molecular weight is 286 g/mol. The standard InChI is InChI=1S/C11H14N2O5S/c1-3-7(2)12-9(14)6-18-11(15)8-4-5-10(19-8)13(16)17/h4-5,7H,3,6H2,1-2H3,(H,12,14)/t7-/m0/s1. The molecular formula is C11H14N2O5S. The summed E-state index contributed by atoms with van der Waals surface area (Å²) in [5, 5.41) is 13.0. The van der Waals surface area contributed by atoms with Crippen LogP contribution >= 0.6 is 11.3 Å². The predicted octanol–water partition coefficient (Wildman–Crippen LogP) is 1.73. The fourth-order valence-corrected chi connectivity index (χ4v) is 1.87. The van der Waals surface area contributed by atoms with Gasteiger partial charge in [-0.05, 0) is 19.4 Å². The second-order valence-electron chi connectivity index (χ2n) is 3.85. The third-order valence-corrected chi connectivity index (χ3v) is 3.34. The van der Waals surface area contributed by atoms with Gasteiger partial charge in [0.25, 0.3) is 5.91 Å². The number of nitrogens with one attached hydrogen (secondary N) is 1. The zero-order valence-electron chi connectivity index (χ0n) is 10.5. The van der Waals surface area contributed by atoms with Crippen LogP contribution in [-0.4, -0.2) is 29.4 Å². The molecule has 1 amide bonds. The van der Waals surface area contributed by atoms with Gasteiger partial charge in [-0.3, -0.25) is 14.9 Å². The van der Waals surface area contributed by atoms with Gasteiger partial charge >= 0.3 is 11.0 Å². The van der Waals surface area contributed by atoms with Gasteiger partial charge in [0, 0.05) is 12.1 Å². The zero-order chi connectivity index (χ0) is 14.4. The van der Waals surface area contributed by atoms with Crippen LogP contribution in [0.1, 0.15) is 29.9 Å². The fourth-order valence-electron chi connectivity index (χ4n) is 1.16. The molecule has 1 N–H and O–H groups in total. The molecule has 0 unspecified atom stereocenters. The Kier molecular flexibility index (Phi) is 5.43. The Hall–Kier alpha value is -1.96. The lowest BCUT2D eigenvalue weighted by Crippen LogP contribution is -2.35. The van der Waals surface area contributed by atoms with Gasteiger partial charge in [-0.25, -0.2) is 4.79 Å². The third-order valence-electron chi connectivity index (χ3n) is 2.33. The molecule has 1 aromatic heterocycles. The number of hydrogen-bond donors (Lipinski definition) is 1. The van der Waals surface area contributed by atoms with E-state index in [-0.39, 0.29) is 15.9 Å². The number of ether oxygens (including phenoxy) is 1. The highest BCUT2D eigenvalue weighted by Crippen LogP contribution is 2.24. The predicted molar refractivity (Wildman–Crippen MR) is 69.2 cm³/mol. The average Bonchev–Trinajstić information content (AvgIpc) is 2.85. The van der Waals surface area contributed by atoms with Crippen molar-refractivity contribution in [2.75, 3.05) is 6.61 Å². The third kappa shape index (κ3) is 4.66. The van der Waals surface area contributed by atoms with Crippen LogP contribution in [0.4, 0.5) is 5.00 Å². The van der Waals surface area contributed by atoms with Crippen molar-refractivity contribution in [3.05, 3.63) is 27.1 Å². The van der Waals surface area contributed by atoms with E-state index in [4.69, 9.17) is 4.74 Å². The monoisotopic (exact) mass is 286 g/mol. The van der Waals surface area contributed by atoms with Crippen molar-refractivity contribution in [1.29, 1.82) is 0 Å². The Morgan fingerprint density at radius 2 is 2.21 bits per heavy atom. The summed E-state index contributed by atoms with van der Waals surface area (Å²) in [7, 11) is 0. The van der Waals surface area contributed by atoms with E-state index in [2.05, 4.69) is 5.32 Å². The first-order valence-electron chi connectivity index (χ1n) is 5.64. The van der Waals surface area contributed by atoms with Crippen LogP contribution in [0.15, 0.2) is 12.1 Å². The van der Waals surface area contributed by atoms with Gasteiger partial charge < -0.3 is 10.1 Å². The molecule has 1 heterocycles. The molecule has 19 heavy (non-hydrogen) atoms. The summed E-state index contributed by atoms with van der Waals surface area (Å²) in [5.41, 5.74) is 0. The fraction of sp³-hybridized carbons (Fsp3) is 0.455. The first-order valence-corrected chi connectivity index (χ1v) is 6.46. The molecule has 0 bridgehead atoms. The summed E-state index contributed by atoms with van der Waals surface area (Å²) in [5.74, 6) is -1.13. The molecule has 1 atom stereocenters. The van der Waals surface area contributed by atoms with Crippen molar-refractivity contribution in [2.24, 2.45) is 0 Å². The molecule has 0 aliphatic rings. The van der Waals surface area contributed by atoms with E-state index in [1.165, 1.54) is 12.1 Å². The molecular weight excluding hydrogens is 272 g/mol. The number of amides is 1. The van der Waals surface area contributed by atoms with Crippen LogP contribution < -0.4 is 5.32 Å². The second-order valence-corrected chi connectivity index (χ2v) is 4.91. The molecule has 0 aliphatic heterocycles. The molecule has 0 radical (unpaired) electrons. The van der Waals surface area contributed by atoms with Crippen LogP contribution in [0.3, 0.4) is 0 Å². The van der Waals surface area contributed by atoms with E-state index in [1.54, 1.807) is 0 Å². The van der Waals surface area contributed by atoms with Crippen LogP contribution in [0, 0.1) is 10.1 Å². The normalized spacial score (nSPS) is 11.7. The summed E-state index contributed by atoms with van der Waals surface area (Å²) in [6.45, 7) is 3.36. The molecule has 0 fully saturated rings. The highest BCUT2D eigenvalue weighted by atomic mass is 32.1. The number of hydrogen-bond acceptors (Lipinski definition) is 6. The molecule has 1 rings (SSSR count). The molecule has 0 spiro atoms. The van der Waals surface area contributed by atoms with E-state index >= 15 is 0 Å². The number of nitro groups is 1. The highest BCUT2D eigenvalue weighted by molar-refractivity contribution is 7.17. The first kappa shape index (κ1) is 15.1. The zero-order valence-corrected chi connectivity index (χ0v) is 11.4. The summed E-state index contributed by atoms with van der Waals surface area (Å²) >= 11 is 0.714. The van der Waals surface area contributed by atoms with E-state index in [9.17, 15) is 19.7 Å². The molecule has 8 heteroatoms. The van der Waals surface area contributed by atoms with Gasteiger partial charge in [-0.1, -0.05) is 18.3 Å². The second kappa shape index (κ2) is 6.83. The van der Waals surface area contributed by atoms with Crippen molar-refractivity contribution in [2.45, 2.75) is 26.3 Å². The van der Waals surface area contributed by atoms with Crippen molar-refractivity contribution in [3.8, 4) is 0 Å². The van der Waals surface area contributed by atoms with Crippen LogP contribution in [0.2, 0.25) is 0 Å². The van der Waals surface area contributed by atoms with Crippen molar-refractivity contribution < 1.29 is 19.2 Å². The lowest BCUT2D eigenvalue weighted by molar-refractivity contribution is -0.380. The summed E-state index contributed by atoms with van der Waals surface area (Å²) < 4.78 is 4.77. The summed E-state index contributed by atoms with van der Waals surface area (Å²) in [4.78, 5) is 32.9. The Morgan fingerprint density at radius 1 is 1.53 bits per heavy atom. The van der Waals surface area contributed by atoms with Crippen molar-refractivity contribution in [1.82, 2.24) is 5.32 Å². The SMILES string of the molecule is CC[C@H](C)NC(=O)COC(=O)c1ccc([N+](=O)[O-])s1. The molecule has 0 saturated heterocycles. The lowest BCUT2D eigenvalue weighted by Gasteiger charge is -2.10. The van der Waals surface area contributed by atoms with E-state index in [1.807, 2.05) is 13.8 Å². The molecule has 0 aromatic carbocycles. The maximum absolute atomic E-state index is 11.5. The maximum atomic E-state index is 11.5. The van der Waals surface area contributed by atoms with E-state index < -0.39 is 23.4 Å². The molecule has 0 saturated carbocycles. The van der Waals surface area contributed by atoms with Crippen LogP contribution in [0.25, 0.3) is 0 Å². The van der Waals surface area contributed by atoms with E-state index in [0.717, 1.165) is 6.42 Å². The Balaban J connectivity index is 2.46. The lowest BCUT2D eigenvalue weighted by atomic mass is 10.2. The van der Waals surface area contributed by atoms with Gasteiger partial charge in [0.05, 0.1) is 4.92 Å². The topological polar surface area (TPSA) is 98.5 Å². The van der Waals surface area contributed by atoms with Crippen LogP contribution in [0.5, 0.6) is 0 Å². The summed E-state index contributed by atoms with van der Waals surface area (Å²) in [6, 6.07) is 2.53. The van der Waals surface area contributed by atoms with Gasteiger partial charge in [-0.15, -0.1) is 0 Å². The minimum atomic E-state index is -0.739. The van der Waals surface area contributed by atoms with Crippen LogP contribution in [-0.2, 0) is 9.53 Å². The van der Waals surface area contributed by atoms with Gasteiger partial charge in [-0.2, -0.15) is 0 Å². The minimum Gasteiger partial charge on any atom is -0.451 e. The summed E-state index contributed by atoms with van der Waals surface area (Å²) in [6.07, 6.45) is 0.775. The Morgan fingerprint density at radius 3 is 2.74 bits per heavy atom. The Bertz CT molecular complexity index is 485. The number of esters is 1. The molecule has 7 nitrogen and oxygen atoms in total. The van der Waals surface area contributed by atoms with Gasteiger partial charge in [0.15, 0.2) is 6.61 Å². The number of thiophene rings is 1. The first-order chi connectivity index (χ1) is 8.93. The number of carbonyl (C=O) groups excluding carboxylic acids is 2. The molecule has 104 valence electrons. The molecule has 1 aromatic rings.